The van der Waals surface area contributed by atoms with Crippen LogP contribution in [0.25, 0.3) is 0 Å². The van der Waals surface area contributed by atoms with Gasteiger partial charge in [0.2, 0.25) is 5.91 Å². The first-order chi connectivity index (χ1) is 13.8. The summed E-state index contributed by atoms with van der Waals surface area (Å²) < 4.78 is 72.1. The molecule has 174 valence electrons. The van der Waals surface area contributed by atoms with Gasteiger partial charge in [0.1, 0.15) is 0 Å². The van der Waals surface area contributed by atoms with Crippen molar-refractivity contribution in [2.45, 2.75) is 63.0 Å². The van der Waals surface area contributed by atoms with Crippen molar-refractivity contribution in [3.63, 3.8) is 0 Å². The number of piperazine rings is 1. The van der Waals surface area contributed by atoms with Gasteiger partial charge >= 0.3 is 24.2 Å². The first-order valence-electron chi connectivity index (χ1n) is 9.26. The number of nitrogens with zero attached hydrogens (tertiary/aromatic N) is 1. The Balaban J connectivity index is 2.22. The van der Waals surface area contributed by atoms with Crippen molar-refractivity contribution in [2.75, 3.05) is 19.6 Å². The molecule has 1 saturated heterocycles. The summed E-state index contributed by atoms with van der Waals surface area (Å²) >= 11 is 0. The Bertz CT molecular complexity index is 599. The fraction of sp³-hybridized carbons (Fsp3) is 0.812. The Kier molecular flexibility index (Phi) is 9.81. The van der Waals surface area contributed by atoms with Gasteiger partial charge in [-0.25, -0.2) is 0 Å². The molecule has 2 unspecified atom stereocenters. The number of nitrogens with one attached hydrogen (secondary N) is 3. The number of alkyl halides is 6. The van der Waals surface area contributed by atoms with E-state index in [1.807, 2.05) is 0 Å². The lowest BCUT2D eigenvalue weighted by Gasteiger charge is -2.44. The Hall–Kier alpha value is -2.09. The van der Waals surface area contributed by atoms with E-state index in [2.05, 4.69) is 5.32 Å². The van der Waals surface area contributed by atoms with Crippen molar-refractivity contribution in [2.24, 2.45) is 0 Å². The van der Waals surface area contributed by atoms with Gasteiger partial charge in [0.05, 0.1) is 6.04 Å². The lowest BCUT2D eigenvalue weighted by atomic mass is 10.0. The molecule has 3 amide bonds. The van der Waals surface area contributed by atoms with Gasteiger partial charge in [-0.15, -0.1) is 0 Å². The number of rotatable bonds is 10. The summed E-state index contributed by atoms with van der Waals surface area (Å²) in [5, 5.41) is 18.7. The van der Waals surface area contributed by atoms with Crippen LogP contribution >= 0.6 is 0 Å². The summed E-state index contributed by atoms with van der Waals surface area (Å²) in [5.41, 5.74) is 0. The monoisotopic (exact) mass is 449 g/mol. The number of unbranched alkanes of at least 4 members (excludes halogenated alkanes) is 2. The minimum atomic E-state index is -4.96. The van der Waals surface area contributed by atoms with Gasteiger partial charge in [-0.05, 0) is 38.5 Å². The van der Waals surface area contributed by atoms with Crippen molar-refractivity contribution in [1.82, 2.24) is 21.0 Å². The second kappa shape index (κ2) is 11.3. The average molecular weight is 449 g/mol. The van der Waals surface area contributed by atoms with Gasteiger partial charge in [0.25, 0.3) is 0 Å². The zero-order chi connectivity index (χ0) is 22.9. The van der Waals surface area contributed by atoms with Gasteiger partial charge < -0.3 is 26.2 Å². The Morgan fingerprint density at radius 2 is 1.40 bits per heavy atom. The van der Waals surface area contributed by atoms with E-state index in [-0.39, 0.29) is 45.3 Å². The maximum Gasteiger partial charge on any atom is 0.471 e. The second-order valence-electron chi connectivity index (χ2n) is 6.82. The van der Waals surface area contributed by atoms with E-state index >= 15 is 0 Å². The average Bonchev–Trinajstić information content (AvgIpc) is 2.61. The van der Waals surface area contributed by atoms with E-state index in [1.165, 1.54) is 0 Å². The molecular formula is C16H23F6N4O4-. The molecule has 0 radical (unpaired) electrons. The predicted octanol–water partition coefficient (Wildman–Crippen LogP) is 1.35. The second-order valence-corrected chi connectivity index (χ2v) is 6.82. The maximum absolute atomic E-state index is 12.1. The minimum Gasteiger partial charge on any atom is -0.785 e. The SMILES string of the molecule is O=C1NC(CCCCNC(=O)C(F)(F)F)CN([O-])C1CCCCNC(=O)C(F)(F)F. The van der Waals surface area contributed by atoms with Crippen LogP contribution in [0.3, 0.4) is 0 Å². The van der Waals surface area contributed by atoms with E-state index < -0.39 is 42.2 Å². The highest BCUT2D eigenvalue weighted by Gasteiger charge is 2.38. The molecule has 1 aliphatic rings. The van der Waals surface area contributed by atoms with Gasteiger partial charge in [0.15, 0.2) is 0 Å². The molecule has 3 N–H and O–H groups in total. The number of amides is 3. The fourth-order valence-corrected chi connectivity index (χ4v) is 2.84. The zero-order valence-corrected chi connectivity index (χ0v) is 15.9. The van der Waals surface area contributed by atoms with Crippen molar-refractivity contribution < 1.29 is 40.7 Å². The lowest BCUT2D eigenvalue weighted by molar-refractivity contribution is -0.173. The number of carbonyl (C=O) groups excluding carboxylic acids is 3. The molecule has 0 aromatic rings. The van der Waals surface area contributed by atoms with Crippen LogP contribution in [0, 0.1) is 5.21 Å². The molecule has 2 atom stereocenters. The number of hydrogen-bond acceptors (Lipinski definition) is 5. The molecule has 0 aromatic carbocycles. The third kappa shape index (κ3) is 9.15. The molecule has 1 rings (SSSR count). The predicted molar refractivity (Wildman–Crippen MR) is 91.6 cm³/mol. The summed E-state index contributed by atoms with van der Waals surface area (Å²) in [6.45, 7) is -0.456. The van der Waals surface area contributed by atoms with Gasteiger partial charge in [0, 0.05) is 25.7 Å². The molecule has 1 fully saturated rings. The molecule has 0 aliphatic carbocycles. The highest BCUT2D eigenvalue weighted by Crippen LogP contribution is 2.17. The van der Waals surface area contributed by atoms with E-state index in [0.29, 0.717) is 17.9 Å². The smallest absolute Gasteiger partial charge is 0.471 e. The zero-order valence-electron chi connectivity index (χ0n) is 15.9. The van der Waals surface area contributed by atoms with Crippen LogP contribution in [0.15, 0.2) is 0 Å². The quantitative estimate of drug-likeness (QED) is 0.344. The van der Waals surface area contributed by atoms with E-state index in [9.17, 15) is 45.9 Å². The summed E-state index contributed by atoms with van der Waals surface area (Å²) in [4.78, 5) is 33.3. The molecule has 0 spiro atoms. The highest BCUT2D eigenvalue weighted by molar-refractivity contribution is 5.83. The first-order valence-corrected chi connectivity index (χ1v) is 9.26. The normalized spacial score (nSPS) is 20.6. The third-order valence-electron chi connectivity index (χ3n) is 4.37. The van der Waals surface area contributed by atoms with Crippen molar-refractivity contribution >= 4 is 17.7 Å². The van der Waals surface area contributed by atoms with Crippen LogP contribution in [-0.4, -0.2) is 66.9 Å². The molecule has 1 aliphatic heterocycles. The lowest BCUT2D eigenvalue weighted by Crippen LogP contribution is -2.58. The Morgan fingerprint density at radius 1 is 0.933 bits per heavy atom. The molecule has 14 heteroatoms. The van der Waals surface area contributed by atoms with Crippen LogP contribution < -0.4 is 16.0 Å². The number of carbonyl (C=O) groups is 3. The standard InChI is InChI=1S/C16H23F6N4O4/c17-15(18,19)13(28)23-7-3-1-5-10-9-26(30)11(12(27)25-10)6-2-4-8-24-14(29)16(20,21)22/h10-11H,1-9H2,(H,23,28)(H,24,29)(H,25,27)/q-1. The molecule has 0 bridgehead atoms. The third-order valence-corrected chi connectivity index (χ3v) is 4.37. The Labute approximate surface area is 168 Å². The fourth-order valence-electron chi connectivity index (χ4n) is 2.84. The van der Waals surface area contributed by atoms with Crippen molar-refractivity contribution in [3.8, 4) is 0 Å². The molecule has 1 heterocycles. The number of hydrogen-bond donors (Lipinski definition) is 3. The number of hydroxylamine groups is 2. The van der Waals surface area contributed by atoms with Crippen molar-refractivity contribution in [3.05, 3.63) is 5.21 Å². The van der Waals surface area contributed by atoms with Crippen LogP contribution in [0.5, 0.6) is 0 Å². The Morgan fingerprint density at radius 3 is 1.83 bits per heavy atom. The summed E-state index contributed by atoms with van der Waals surface area (Å²) in [6.07, 6.45) is -8.45. The van der Waals surface area contributed by atoms with Crippen LogP contribution in [0.4, 0.5) is 26.3 Å². The van der Waals surface area contributed by atoms with Crippen LogP contribution in [-0.2, 0) is 14.4 Å². The van der Waals surface area contributed by atoms with E-state index in [4.69, 9.17) is 0 Å². The van der Waals surface area contributed by atoms with Crippen LogP contribution in [0.2, 0.25) is 0 Å². The molecular weight excluding hydrogens is 426 g/mol. The summed E-state index contributed by atoms with van der Waals surface area (Å²) in [5.74, 6) is -4.62. The minimum absolute atomic E-state index is 0.0316. The highest BCUT2D eigenvalue weighted by atomic mass is 19.4. The number of halogens is 6. The molecule has 0 saturated carbocycles. The maximum atomic E-state index is 12.1. The van der Waals surface area contributed by atoms with Crippen molar-refractivity contribution in [1.29, 1.82) is 0 Å². The van der Waals surface area contributed by atoms with Gasteiger partial charge in [-0.3, -0.25) is 14.4 Å². The van der Waals surface area contributed by atoms with E-state index in [0.717, 1.165) is 0 Å². The largest absolute Gasteiger partial charge is 0.785 e. The van der Waals surface area contributed by atoms with Crippen LogP contribution in [0.1, 0.15) is 38.5 Å². The molecule has 8 nitrogen and oxygen atoms in total. The van der Waals surface area contributed by atoms with Gasteiger partial charge in [-0.2, -0.15) is 26.3 Å². The topological polar surface area (TPSA) is 114 Å². The molecule has 30 heavy (non-hydrogen) atoms. The van der Waals surface area contributed by atoms with Gasteiger partial charge in [-0.1, -0.05) is 0 Å². The first kappa shape index (κ1) is 25.9. The summed E-state index contributed by atoms with van der Waals surface area (Å²) in [7, 11) is 0. The molecule has 0 aromatic heterocycles. The summed E-state index contributed by atoms with van der Waals surface area (Å²) in [6, 6.07) is -1.48. The van der Waals surface area contributed by atoms with E-state index in [1.54, 1.807) is 10.6 Å².